The Morgan fingerprint density at radius 3 is 2.66 bits per heavy atom. The smallest absolute Gasteiger partial charge is 0.317 e. The summed E-state index contributed by atoms with van der Waals surface area (Å²) in [6, 6.07) is 0.848. The van der Waals surface area contributed by atoms with Crippen molar-refractivity contribution in [3.63, 3.8) is 0 Å². The summed E-state index contributed by atoms with van der Waals surface area (Å²) in [5.74, 6) is -4.35. The van der Waals surface area contributed by atoms with Gasteiger partial charge in [-0.15, -0.1) is 11.3 Å². The van der Waals surface area contributed by atoms with Crippen LogP contribution in [0.25, 0.3) is 0 Å². The van der Waals surface area contributed by atoms with Gasteiger partial charge < -0.3 is 15.1 Å². The lowest BCUT2D eigenvalue weighted by Crippen LogP contribution is -2.41. The van der Waals surface area contributed by atoms with E-state index in [0.29, 0.717) is 37.4 Å². The summed E-state index contributed by atoms with van der Waals surface area (Å²) in [6.07, 6.45) is 3.76. The van der Waals surface area contributed by atoms with Gasteiger partial charge in [-0.2, -0.15) is 5.10 Å². The van der Waals surface area contributed by atoms with Gasteiger partial charge in [0.25, 0.3) is 0 Å². The van der Waals surface area contributed by atoms with Gasteiger partial charge in [0.1, 0.15) is 0 Å². The van der Waals surface area contributed by atoms with Gasteiger partial charge in [0.05, 0.1) is 36.2 Å². The van der Waals surface area contributed by atoms with Crippen LogP contribution in [0.1, 0.15) is 22.9 Å². The Morgan fingerprint density at radius 2 is 1.94 bits per heavy atom. The lowest BCUT2D eigenvalue weighted by atomic mass is 10.1. The van der Waals surface area contributed by atoms with E-state index in [-0.39, 0.29) is 24.1 Å². The number of amides is 3. The van der Waals surface area contributed by atoms with Crippen LogP contribution in [0, 0.1) is 17.5 Å². The molecule has 8 nitrogen and oxygen atoms in total. The number of nitrogens with zero attached hydrogens (tertiary/aromatic N) is 5. The number of urea groups is 1. The maximum Gasteiger partial charge on any atom is 0.322 e. The molecule has 0 aliphatic carbocycles. The highest BCUT2D eigenvalue weighted by Crippen LogP contribution is 2.35. The molecular formula is C20H17F3N6O2S. The van der Waals surface area contributed by atoms with Gasteiger partial charge in [0.15, 0.2) is 17.5 Å². The normalized spacial score (nSPS) is 18.2. The van der Waals surface area contributed by atoms with E-state index in [1.807, 2.05) is 0 Å². The van der Waals surface area contributed by atoms with Gasteiger partial charge >= 0.3 is 6.03 Å². The standard InChI is InChI=1S/C20H17F3N6O2S/c21-13-4-12(5-14(22)19(13)23)26-20(31)27-1-2-29-16(9-27)15(6-25-29)28-8-11(3-18(28)30)17-7-24-10-32-17/h4-7,10-11H,1-3,8-9H2,(H,26,31). The molecule has 1 fully saturated rings. The summed E-state index contributed by atoms with van der Waals surface area (Å²) in [5, 5.41) is 6.74. The maximum absolute atomic E-state index is 13.5. The maximum atomic E-state index is 13.5. The average molecular weight is 462 g/mol. The second-order valence-corrected chi connectivity index (χ2v) is 8.53. The van der Waals surface area contributed by atoms with Crippen molar-refractivity contribution in [2.75, 3.05) is 23.3 Å². The van der Waals surface area contributed by atoms with E-state index in [1.54, 1.807) is 27.5 Å². The van der Waals surface area contributed by atoms with E-state index in [9.17, 15) is 22.8 Å². The number of carbonyl (C=O) groups excluding carboxylic acids is 2. The third kappa shape index (κ3) is 3.60. The number of halogens is 3. The molecule has 1 N–H and O–H groups in total. The molecule has 32 heavy (non-hydrogen) atoms. The Balaban J connectivity index is 1.33. The van der Waals surface area contributed by atoms with E-state index >= 15 is 0 Å². The minimum atomic E-state index is -1.60. The Morgan fingerprint density at radius 1 is 1.16 bits per heavy atom. The molecule has 166 valence electrons. The number of nitrogens with one attached hydrogen (secondary N) is 1. The zero-order chi connectivity index (χ0) is 22.4. The van der Waals surface area contributed by atoms with Crippen LogP contribution in [-0.4, -0.2) is 44.7 Å². The molecule has 2 aromatic heterocycles. The molecule has 1 unspecified atom stereocenters. The number of hydrogen-bond donors (Lipinski definition) is 1. The largest absolute Gasteiger partial charge is 0.322 e. The molecule has 5 rings (SSSR count). The molecule has 3 aromatic rings. The number of carbonyl (C=O) groups is 2. The predicted octanol–water partition coefficient (Wildman–Crippen LogP) is 3.33. The number of aromatic nitrogens is 3. The van der Waals surface area contributed by atoms with Gasteiger partial charge in [-0.3, -0.25) is 14.5 Å². The number of hydrogen-bond acceptors (Lipinski definition) is 5. The Kier molecular flexibility index (Phi) is 5.08. The van der Waals surface area contributed by atoms with Crippen LogP contribution in [0.4, 0.5) is 29.3 Å². The zero-order valence-corrected chi connectivity index (χ0v) is 17.4. The van der Waals surface area contributed by atoms with Crippen LogP contribution < -0.4 is 10.2 Å². The molecule has 2 aliphatic rings. The number of fused-ring (bicyclic) bond motifs is 1. The van der Waals surface area contributed by atoms with Crippen LogP contribution in [-0.2, 0) is 17.9 Å². The highest BCUT2D eigenvalue weighted by molar-refractivity contribution is 7.09. The van der Waals surface area contributed by atoms with Crippen molar-refractivity contribution < 1.29 is 22.8 Å². The van der Waals surface area contributed by atoms with Gasteiger partial charge in [-0.25, -0.2) is 18.0 Å². The highest BCUT2D eigenvalue weighted by atomic mass is 32.1. The molecule has 1 saturated heterocycles. The third-order valence-corrected chi connectivity index (χ3v) is 6.58. The monoisotopic (exact) mass is 462 g/mol. The molecular weight excluding hydrogens is 445 g/mol. The summed E-state index contributed by atoms with van der Waals surface area (Å²) in [4.78, 5) is 33.6. The number of rotatable bonds is 3. The van der Waals surface area contributed by atoms with Crippen LogP contribution in [0.2, 0.25) is 0 Å². The molecule has 0 bridgehead atoms. The fraction of sp³-hybridized carbons (Fsp3) is 0.300. The Hall–Kier alpha value is -3.41. The van der Waals surface area contributed by atoms with Crippen molar-refractivity contribution >= 4 is 34.6 Å². The average Bonchev–Trinajstić information content (AvgIpc) is 3.51. The fourth-order valence-electron chi connectivity index (χ4n) is 4.02. The summed E-state index contributed by atoms with van der Waals surface area (Å²) in [6.45, 7) is 1.36. The van der Waals surface area contributed by atoms with E-state index in [4.69, 9.17) is 0 Å². The second-order valence-electron chi connectivity index (χ2n) is 7.61. The number of anilines is 2. The van der Waals surface area contributed by atoms with Crippen molar-refractivity contribution in [1.29, 1.82) is 0 Å². The van der Waals surface area contributed by atoms with Gasteiger partial charge in [-0.1, -0.05) is 0 Å². The van der Waals surface area contributed by atoms with Crippen molar-refractivity contribution in [2.45, 2.75) is 25.4 Å². The van der Waals surface area contributed by atoms with Crippen LogP contribution in [0.5, 0.6) is 0 Å². The summed E-state index contributed by atoms with van der Waals surface area (Å²) >= 11 is 1.51. The topological polar surface area (TPSA) is 83.4 Å². The molecule has 0 spiro atoms. The van der Waals surface area contributed by atoms with E-state index in [2.05, 4.69) is 15.4 Å². The first-order chi connectivity index (χ1) is 15.4. The Bertz CT molecular complexity index is 1180. The van der Waals surface area contributed by atoms with Gasteiger partial charge in [0, 0.05) is 54.3 Å². The molecule has 0 saturated carbocycles. The summed E-state index contributed by atoms with van der Waals surface area (Å²) in [5.41, 5.74) is 2.88. The quantitative estimate of drug-likeness (QED) is 0.606. The van der Waals surface area contributed by atoms with Crippen LogP contribution >= 0.6 is 11.3 Å². The summed E-state index contributed by atoms with van der Waals surface area (Å²) < 4.78 is 41.8. The SMILES string of the molecule is O=C(Nc1cc(F)c(F)c(F)c1)N1CCn2ncc(N3CC(c4cncs4)CC3=O)c2C1. The minimum Gasteiger partial charge on any atom is -0.317 e. The van der Waals surface area contributed by atoms with Crippen molar-refractivity contribution in [3.8, 4) is 0 Å². The molecule has 4 heterocycles. The fourth-order valence-corrected chi connectivity index (χ4v) is 4.73. The molecule has 12 heteroatoms. The van der Waals surface area contributed by atoms with E-state index in [1.165, 1.54) is 16.2 Å². The number of benzene rings is 1. The number of thiazole rings is 1. The first-order valence-electron chi connectivity index (χ1n) is 9.84. The molecule has 1 aromatic carbocycles. The molecule has 0 radical (unpaired) electrons. The van der Waals surface area contributed by atoms with E-state index < -0.39 is 23.5 Å². The summed E-state index contributed by atoms with van der Waals surface area (Å²) in [7, 11) is 0. The minimum absolute atomic E-state index is 0.0296. The lowest BCUT2D eigenvalue weighted by Gasteiger charge is -2.29. The van der Waals surface area contributed by atoms with Gasteiger partial charge in [0.2, 0.25) is 5.91 Å². The second kappa shape index (κ2) is 7.93. The lowest BCUT2D eigenvalue weighted by molar-refractivity contribution is -0.117. The van der Waals surface area contributed by atoms with Crippen molar-refractivity contribution in [1.82, 2.24) is 19.7 Å². The highest BCUT2D eigenvalue weighted by Gasteiger charge is 2.36. The van der Waals surface area contributed by atoms with Crippen LogP contribution in [0.3, 0.4) is 0 Å². The Labute approximate surface area is 184 Å². The molecule has 3 amide bonds. The molecule has 2 aliphatic heterocycles. The van der Waals surface area contributed by atoms with Crippen LogP contribution in [0.15, 0.2) is 30.0 Å². The molecule has 1 atom stereocenters. The predicted molar refractivity (Wildman–Crippen MR) is 110 cm³/mol. The van der Waals surface area contributed by atoms with Crippen molar-refractivity contribution in [2.24, 2.45) is 0 Å². The van der Waals surface area contributed by atoms with Crippen molar-refractivity contribution in [3.05, 3.63) is 58.1 Å². The zero-order valence-electron chi connectivity index (χ0n) is 16.6. The van der Waals surface area contributed by atoms with E-state index in [0.717, 1.165) is 17.0 Å². The third-order valence-electron chi connectivity index (χ3n) is 5.64. The first-order valence-corrected chi connectivity index (χ1v) is 10.7. The van der Waals surface area contributed by atoms with Gasteiger partial charge in [-0.05, 0) is 0 Å². The first kappa shape index (κ1) is 20.5.